The van der Waals surface area contributed by atoms with Gasteiger partial charge in [-0.05, 0) is 37.3 Å². The predicted octanol–water partition coefficient (Wildman–Crippen LogP) is 2.22. The Bertz CT molecular complexity index is 820. The number of piperidine rings is 1. The smallest absolute Gasteiger partial charge is 0.252 e. The molecule has 0 radical (unpaired) electrons. The number of aliphatic hydroxyl groups is 1. The maximum Gasteiger partial charge on any atom is 0.252 e. The van der Waals surface area contributed by atoms with E-state index in [1.54, 1.807) is 6.07 Å². The van der Waals surface area contributed by atoms with Crippen molar-refractivity contribution in [1.82, 2.24) is 0 Å². The SMILES string of the molecule is C[N@@+]1(CC2CC2)CCC23CCCC[C@@]2(O)C1Cc1ccc(C(N)=O)c(O)c13. The van der Waals surface area contributed by atoms with Gasteiger partial charge in [-0.1, -0.05) is 18.9 Å². The molecule has 1 heterocycles. The fourth-order valence-corrected chi connectivity index (χ4v) is 6.93. The first-order chi connectivity index (χ1) is 12.8. The van der Waals surface area contributed by atoms with Gasteiger partial charge in [-0.3, -0.25) is 4.79 Å². The molecule has 146 valence electrons. The van der Waals surface area contributed by atoms with Gasteiger partial charge in [0, 0.05) is 29.7 Å². The average Bonchev–Trinajstić information content (AvgIpc) is 3.42. The summed E-state index contributed by atoms with van der Waals surface area (Å²) in [5.74, 6) is 0.233. The summed E-state index contributed by atoms with van der Waals surface area (Å²) in [5.41, 5.74) is 6.38. The summed E-state index contributed by atoms with van der Waals surface area (Å²) in [7, 11) is 2.34. The summed E-state index contributed by atoms with van der Waals surface area (Å²) in [5, 5.41) is 23.2. The molecule has 1 amide bonds. The van der Waals surface area contributed by atoms with E-state index in [0.717, 1.165) is 73.1 Å². The molecular weight excluding hydrogens is 340 g/mol. The molecule has 1 saturated heterocycles. The van der Waals surface area contributed by atoms with E-state index >= 15 is 0 Å². The summed E-state index contributed by atoms with van der Waals surface area (Å²) in [6.07, 6.45) is 8.04. The molecule has 5 nitrogen and oxygen atoms in total. The summed E-state index contributed by atoms with van der Waals surface area (Å²) >= 11 is 0. The van der Waals surface area contributed by atoms with Crippen molar-refractivity contribution in [2.24, 2.45) is 11.7 Å². The van der Waals surface area contributed by atoms with Crippen LogP contribution in [0.4, 0.5) is 0 Å². The number of rotatable bonds is 3. The number of likely N-dealkylation sites (N-methyl/N-ethyl adjacent to an activating group) is 1. The molecule has 4 aliphatic rings. The van der Waals surface area contributed by atoms with Crippen molar-refractivity contribution in [3.8, 4) is 5.75 Å². The van der Waals surface area contributed by atoms with E-state index in [1.807, 2.05) is 6.07 Å². The lowest BCUT2D eigenvalue weighted by Gasteiger charge is -2.65. The lowest BCUT2D eigenvalue weighted by atomic mass is 9.48. The van der Waals surface area contributed by atoms with E-state index in [1.165, 1.54) is 12.8 Å². The quantitative estimate of drug-likeness (QED) is 0.713. The number of benzene rings is 1. The molecule has 4 N–H and O–H groups in total. The number of fused-ring (bicyclic) bond motifs is 1. The van der Waals surface area contributed by atoms with Crippen LogP contribution in [0.25, 0.3) is 0 Å². The first kappa shape index (κ1) is 17.5. The van der Waals surface area contributed by atoms with Crippen molar-refractivity contribution in [2.75, 3.05) is 20.1 Å². The fourth-order valence-electron chi connectivity index (χ4n) is 6.93. The molecule has 1 aliphatic heterocycles. The Morgan fingerprint density at radius 2 is 2.00 bits per heavy atom. The molecule has 5 rings (SSSR count). The number of carbonyl (C=O) groups is 1. The Morgan fingerprint density at radius 3 is 2.70 bits per heavy atom. The highest BCUT2D eigenvalue weighted by Gasteiger charge is 2.69. The number of nitrogens with zero attached hydrogens (tertiary/aromatic N) is 1. The number of aromatic hydroxyl groups is 1. The van der Waals surface area contributed by atoms with Gasteiger partial charge in [-0.25, -0.2) is 0 Å². The third-order valence-electron chi connectivity index (χ3n) is 8.39. The largest absolute Gasteiger partial charge is 0.507 e. The molecule has 0 aromatic heterocycles. The van der Waals surface area contributed by atoms with Crippen LogP contribution in [0.3, 0.4) is 0 Å². The highest BCUT2D eigenvalue weighted by molar-refractivity contribution is 5.96. The minimum Gasteiger partial charge on any atom is -0.507 e. The van der Waals surface area contributed by atoms with Crippen molar-refractivity contribution >= 4 is 5.91 Å². The second-order valence-corrected chi connectivity index (χ2v) is 9.87. The summed E-state index contributed by atoms with van der Waals surface area (Å²) in [4.78, 5) is 11.8. The molecule has 3 aliphatic carbocycles. The molecule has 2 bridgehead atoms. The van der Waals surface area contributed by atoms with E-state index in [-0.39, 0.29) is 17.4 Å². The predicted molar refractivity (Wildman–Crippen MR) is 102 cm³/mol. The van der Waals surface area contributed by atoms with E-state index < -0.39 is 16.9 Å². The van der Waals surface area contributed by atoms with Crippen molar-refractivity contribution in [1.29, 1.82) is 0 Å². The molecule has 1 aromatic rings. The van der Waals surface area contributed by atoms with Crippen LogP contribution in [0.15, 0.2) is 12.1 Å². The zero-order chi connectivity index (χ0) is 19.0. The summed E-state index contributed by atoms with van der Waals surface area (Å²) in [6.45, 7) is 2.19. The second kappa shape index (κ2) is 5.48. The van der Waals surface area contributed by atoms with Gasteiger partial charge in [0.15, 0.2) is 0 Å². The van der Waals surface area contributed by atoms with Crippen LogP contribution in [-0.2, 0) is 11.8 Å². The van der Waals surface area contributed by atoms with Gasteiger partial charge in [0.05, 0.1) is 25.7 Å². The van der Waals surface area contributed by atoms with Crippen molar-refractivity contribution in [3.05, 3.63) is 28.8 Å². The summed E-state index contributed by atoms with van der Waals surface area (Å²) in [6, 6.07) is 3.81. The van der Waals surface area contributed by atoms with E-state index in [4.69, 9.17) is 5.73 Å². The van der Waals surface area contributed by atoms with Gasteiger partial charge >= 0.3 is 0 Å². The number of hydrogen-bond acceptors (Lipinski definition) is 3. The van der Waals surface area contributed by atoms with Gasteiger partial charge in [0.1, 0.15) is 17.4 Å². The minimum atomic E-state index is -0.812. The number of quaternary nitrogens is 1. The number of primary amides is 1. The number of carbonyl (C=O) groups excluding carboxylic acids is 1. The molecule has 2 unspecified atom stereocenters. The first-order valence-corrected chi connectivity index (χ1v) is 10.5. The lowest BCUT2D eigenvalue weighted by Crippen LogP contribution is -2.77. The van der Waals surface area contributed by atoms with Crippen LogP contribution in [0.2, 0.25) is 0 Å². The second-order valence-electron chi connectivity index (χ2n) is 9.87. The number of likely N-dealkylation sites (tertiary alicyclic amines) is 1. The molecule has 3 fully saturated rings. The summed E-state index contributed by atoms with van der Waals surface area (Å²) < 4.78 is 0.945. The number of amides is 1. The maximum atomic E-state index is 12.2. The van der Waals surface area contributed by atoms with Crippen molar-refractivity contribution in [3.63, 3.8) is 0 Å². The Kier molecular flexibility index (Phi) is 3.55. The van der Waals surface area contributed by atoms with Crippen LogP contribution in [0.1, 0.15) is 66.4 Å². The maximum absolute atomic E-state index is 12.2. The van der Waals surface area contributed by atoms with Gasteiger partial charge in [-0.2, -0.15) is 0 Å². The minimum absolute atomic E-state index is 0.0251. The Labute approximate surface area is 160 Å². The Morgan fingerprint density at radius 1 is 1.26 bits per heavy atom. The number of nitrogens with two attached hydrogens (primary N) is 1. The normalized spacial score (nSPS) is 40.1. The van der Waals surface area contributed by atoms with Crippen molar-refractivity contribution < 1.29 is 19.5 Å². The average molecular weight is 372 g/mol. The molecule has 27 heavy (non-hydrogen) atoms. The highest BCUT2D eigenvalue weighted by Crippen LogP contribution is 2.61. The van der Waals surface area contributed by atoms with Gasteiger partial charge < -0.3 is 20.4 Å². The number of hydrogen-bond donors (Lipinski definition) is 3. The molecule has 1 aromatic carbocycles. The van der Waals surface area contributed by atoms with Crippen LogP contribution >= 0.6 is 0 Å². The van der Waals surface area contributed by atoms with Gasteiger partial charge in [-0.15, -0.1) is 0 Å². The van der Waals surface area contributed by atoms with E-state index in [9.17, 15) is 15.0 Å². The Hall–Kier alpha value is -1.59. The standard InChI is InChI=1S/C22H30N2O3/c1-24(13-14-4-5-14)11-10-21-8-2-3-9-22(21,27)17(24)12-15-6-7-16(20(23)26)19(25)18(15)21/h6-7,14,17,27H,2-5,8-13H2,1H3,(H2-,23,25,26)/p+1/t17?,21?,22-,24+/m1/s1. The monoisotopic (exact) mass is 371 g/mol. The molecule has 5 heteroatoms. The zero-order valence-electron chi connectivity index (χ0n) is 16.2. The van der Waals surface area contributed by atoms with Crippen LogP contribution < -0.4 is 5.73 Å². The van der Waals surface area contributed by atoms with Crippen molar-refractivity contribution in [2.45, 2.75) is 68.4 Å². The lowest BCUT2D eigenvalue weighted by molar-refractivity contribution is -0.950. The Balaban J connectivity index is 1.71. The topological polar surface area (TPSA) is 83.5 Å². The number of phenols is 1. The van der Waals surface area contributed by atoms with E-state index in [2.05, 4.69) is 7.05 Å². The molecule has 4 atom stereocenters. The van der Waals surface area contributed by atoms with Crippen LogP contribution in [0.5, 0.6) is 5.75 Å². The van der Waals surface area contributed by atoms with Gasteiger partial charge in [0.2, 0.25) is 0 Å². The fraction of sp³-hybridized carbons (Fsp3) is 0.682. The molecular formula is C22H31N2O3+. The van der Waals surface area contributed by atoms with Crippen LogP contribution in [0, 0.1) is 5.92 Å². The molecule has 2 saturated carbocycles. The van der Waals surface area contributed by atoms with Crippen LogP contribution in [-0.4, -0.2) is 52.4 Å². The third-order valence-corrected chi connectivity index (χ3v) is 8.39. The molecule has 0 spiro atoms. The zero-order valence-corrected chi connectivity index (χ0v) is 16.2. The first-order valence-electron chi connectivity index (χ1n) is 10.5. The third kappa shape index (κ3) is 2.21. The van der Waals surface area contributed by atoms with E-state index in [0.29, 0.717) is 0 Å². The van der Waals surface area contributed by atoms with Gasteiger partial charge in [0.25, 0.3) is 5.91 Å². The highest BCUT2D eigenvalue weighted by atomic mass is 16.3.